The summed E-state index contributed by atoms with van der Waals surface area (Å²) in [4.78, 5) is 19.6. The summed E-state index contributed by atoms with van der Waals surface area (Å²) in [6, 6.07) is 92.7. The monoisotopic (exact) mass is 1190 g/mol. The van der Waals surface area contributed by atoms with Gasteiger partial charge in [-0.15, -0.1) is 0 Å². The number of nitriles is 1. The van der Waals surface area contributed by atoms with Crippen LogP contribution in [0.15, 0.2) is 304 Å². The van der Waals surface area contributed by atoms with Crippen LogP contribution in [0.2, 0.25) is 0 Å². The number of fused-ring (bicyclic) bond motifs is 6. The quantitative estimate of drug-likeness (QED) is 0.129. The molecule has 0 bridgehead atoms. The van der Waals surface area contributed by atoms with Crippen molar-refractivity contribution in [3.63, 3.8) is 0 Å². The van der Waals surface area contributed by atoms with Crippen LogP contribution >= 0.6 is 0 Å². The molecule has 0 saturated heterocycles. The van der Waals surface area contributed by atoms with E-state index in [0.29, 0.717) is 38.8 Å². The Morgan fingerprint density at radius 2 is 0.598 bits per heavy atom. The van der Waals surface area contributed by atoms with Gasteiger partial charge in [-0.05, 0) is 125 Å². The largest absolute Gasteiger partial charge is 0.416 e. The molecule has 0 spiro atoms. The fourth-order valence-electron chi connectivity index (χ4n) is 13.3. The van der Waals surface area contributed by atoms with Crippen LogP contribution < -0.4 is 0 Å². The minimum atomic E-state index is -4.83. The van der Waals surface area contributed by atoms with E-state index in [9.17, 15) is 5.26 Å². The molecule has 6 aromatic heterocycles. The summed E-state index contributed by atoms with van der Waals surface area (Å²) in [6.45, 7) is 0. The van der Waals surface area contributed by atoms with Gasteiger partial charge in [0.1, 0.15) is 0 Å². The van der Waals surface area contributed by atoms with Gasteiger partial charge in [0.25, 0.3) is 0 Å². The minimum Gasteiger partial charge on any atom is -0.309 e. The molecule has 0 fully saturated rings. The van der Waals surface area contributed by atoms with Crippen LogP contribution in [0, 0.1) is 11.3 Å². The molecule has 7 nitrogen and oxygen atoms in total. The lowest BCUT2D eigenvalue weighted by Gasteiger charge is -2.23. The molecular weight excluding hydrogens is 1140 g/mol. The minimum absolute atomic E-state index is 0.261. The van der Waals surface area contributed by atoms with Gasteiger partial charge in [0, 0.05) is 96.4 Å². The average molecular weight is 1190 g/mol. The Morgan fingerprint density at radius 1 is 0.293 bits per heavy atom. The molecule has 0 unspecified atom stereocenters. The van der Waals surface area contributed by atoms with Gasteiger partial charge in [0.15, 0.2) is 0 Å². The van der Waals surface area contributed by atoms with E-state index in [1.165, 1.54) is 12.1 Å². The Morgan fingerprint density at radius 3 is 0.891 bits per heavy atom. The van der Waals surface area contributed by atoms with Crippen molar-refractivity contribution in [2.24, 2.45) is 0 Å². The molecule has 0 radical (unpaired) electrons. The van der Waals surface area contributed by atoms with E-state index in [0.717, 1.165) is 111 Å². The second-order valence-corrected chi connectivity index (χ2v) is 22.7. The van der Waals surface area contributed by atoms with Crippen LogP contribution in [0.1, 0.15) is 11.1 Å². The lowest BCUT2D eigenvalue weighted by atomic mass is 9.96. The Hall–Kier alpha value is -12.3. The molecule has 0 aliphatic heterocycles. The van der Waals surface area contributed by atoms with Gasteiger partial charge >= 0.3 is 6.18 Å². The lowest BCUT2D eigenvalue weighted by Crippen LogP contribution is -2.11. The Kier molecular flexibility index (Phi) is 13.6. The Bertz CT molecular complexity index is 4990. The van der Waals surface area contributed by atoms with Gasteiger partial charge < -0.3 is 9.13 Å². The summed E-state index contributed by atoms with van der Waals surface area (Å²) in [5, 5.41) is 13.9. The first kappa shape index (κ1) is 55.0. The zero-order chi connectivity index (χ0) is 61.9. The van der Waals surface area contributed by atoms with E-state index < -0.39 is 11.7 Å². The first-order valence-electron chi connectivity index (χ1n) is 30.2. The highest BCUT2D eigenvalue weighted by Gasteiger charge is 2.35. The molecular formula is C82H50F3N7. The summed E-state index contributed by atoms with van der Waals surface area (Å²) in [5.74, 6) is 0. The smallest absolute Gasteiger partial charge is 0.309 e. The van der Waals surface area contributed by atoms with Crippen molar-refractivity contribution >= 4 is 43.6 Å². The maximum Gasteiger partial charge on any atom is 0.416 e. The van der Waals surface area contributed by atoms with Crippen molar-refractivity contribution < 1.29 is 13.2 Å². The molecule has 6 heterocycles. The number of benzene rings is 10. The summed E-state index contributed by atoms with van der Waals surface area (Å²) >= 11 is 0. The number of aromatic nitrogens is 6. The van der Waals surface area contributed by atoms with E-state index in [2.05, 4.69) is 54.6 Å². The summed E-state index contributed by atoms with van der Waals surface area (Å²) in [7, 11) is 0. The molecule has 16 aromatic rings. The summed E-state index contributed by atoms with van der Waals surface area (Å²) in [5.41, 5.74) is 17.7. The van der Waals surface area contributed by atoms with Crippen molar-refractivity contribution in [2.75, 3.05) is 0 Å². The average Bonchev–Trinajstić information content (AvgIpc) is 1.58. The second kappa shape index (κ2) is 22.7. The SMILES string of the molecule is N#Cc1cccc(-c2c(-n3c4ccc(-c5cccnc5-c5ccccc5)cc4c4cc(-c5cccnc5-c5ccccc5)ccc43)cc(C(F)(F)F)cc2-n2c3ccc(-c4cccnc4-c4ccccc4)cc3c3cc(-c4cccnc4-c4ccccc4)ccc32)c1. The van der Waals surface area contributed by atoms with Gasteiger partial charge in [-0.25, -0.2) is 0 Å². The molecule has 434 valence electrons. The van der Waals surface area contributed by atoms with E-state index >= 15 is 13.2 Å². The molecule has 0 aliphatic rings. The summed E-state index contributed by atoms with van der Waals surface area (Å²) < 4.78 is 53.5. The fraction of sp³-hybridized carbons (Fsp3) is 0.0122. The van der Waals surface area contributed by atoms with E-state index in [-0.39, 0.29) is 11.4 Å². The van der Waals surface area contributed by atoms with Gasteiger partial charge in [0.05, 0.1) is 73.4 Å². The molecule has 0 N–H and O–H groups in total. The summed E-state index contributed by atoms with van der Waals surface area (Å²) in [6.07, 6.45) is 2.31. The van der Waals surface area contributed by atoms with Crippen molar-refractivity contribution in [3.8, 4) is 118 Å². The Labute approximate surface area is 527 Å². The topological polar surface area (TPSA) is 85.2 Å². The first-order valence-corrected chi connectivity index (χ1v) is 30.2. The number of halogens is 3. The van der Waals surface area contributed by atoms with Crippen LogP contribution in [0.5, 0.6) is 0 Å². The molecule has 0 aliphatic carbocycles. The number of hydrogen-bond donors (Lipinski definition) is 0. The first-order chi connectivity index (χ1) is 45.2. The van der Waals surface area contributed by atoms with E-state index in [1.54, 1.807) is 43.0 Å². The number of hydrogen-bond acceptors (Lipinski definition) is 5. The van der Waals surface area contributed by atoms with Crippen LogP contribution in [0.3, 0.4) is 0 Å². The highest BCUT2D eigenvalue weighted by molar-refractivity contribution is 6.15. The van der Waals surface area contributed by atoms with Gasteiger partial charge in [-0.1, -0.05) is 182 Å². The zero-order valence-corrected chi connectivity index (χ0v) is 49.1. The van der Waals surface area contributed by atoms with Crippen LogP contribution in [-0.4, -0.2) is 29.1 Å². The van der Waals surface area contributed by atoms with Crippen molar-refractivity contribution in [1.82, 2.24) is 29.1 Å². The third-order valence-corrected chi connectivity index (χ3v) is 17.4. The highest BCUT2D eigenvalue weighted by Crippen LogP contribution is 2.49. The Balaban J connectivity index is 1.01. The molecule has 10 heteroatoms. The second-order valence-electron chi connectivity index (χ2n) is 22.7. The molecule has 10 aromatic carbocycles. The lowest BCUT2D eigenvalue weighted by molar-refractivity contribution is -0.137. The maximum atomic E-state index is 16.5. The fourth-order valence-corrected chi connectivity index (χ4v) is 13.3. The van der Waals surface area contributed by atoms with Crippen molar-refractivity contribution in [2.45, 2.75) is 6.18 Å². The van der Waals surface area contributed by atoms with E-state index in [1.807, 2.05) is 209 Å². The number of rotatable bonds is 11. The third-order valence-electron chi connectivity index (χ3n) is 17.4. The normalized spacial score (nSPS) is 11.6. The van der Waals surface area contributed by atoms with Gasteiger partial charge in [0.2, 0.25) is 0 Å². The molecule has 16 rings (SSSR count). The van der Waals surface area contributed by atoms with Crippen LogP contribution in [0.4, 0.5) is 13.2 Å². The standard InChI is InChI=1S/C82H50F3N7/c83-82(84,85)62-49-75(91-71-36-32-57(63-28-14-40-87-78(63)53-19-5-1-6-20-53)45-67(71)68-46-58(33-37-72(68)91)64-29-15-41-88-79(64)54-21-7-2-8-22-54)77(61-27-13-18-52(44-61)51-86)76(50-62)92-73-38-34-59(65-30-16-42-89-80(65)55-23-9-3-10-24-55)47-69(73)70-48-60(35-39-74(70)92)66-31-17-43-90-81(66)56-25-11-4-12-26-56/h1-50H. The number of alkyl halides is 3. The number of pyridine rings is 4. The van der Waals surface area contributed by atoms with Crippen LogP contribution in [0.25, 0.3) is 156 Å². The molecule has 0 atom stereocenters. The zero-order valence-electron chi connectivity index (χ0n) is 49.1. The highest BCUT2D eigenvalue weighted by atomic mass is 19.4. The third kappa shape index (κ3) is 9.64. The number of nitrogens with zero attached hydrogens (tertiary/aromatic N) is 7. The molecule has 0 saturated carbocycles. The van der Waals surface area contributed by atoms with Crippen molar-refractivity contribution in [3.05, 3.63) is 315 Å². The van der Waals surface area contributed by atoms with Gasteiger partial charge in [-0.2, -0.15) is 18.4 Å². The maximum absolute atomic E-state index is 16.5. The van der Waals surface area contributed by atoms with Crippen molar-refractivity contribution in [1.29, 1.82) is 5.26 Å². The predicted octanol–water partition coefficient (Wildman–Crippen LogP) is 21.4. The van der Waals surface area contributed by atoms with E-state index in [4.69, 9.17) is 19.9 Å². The molecule has 92 heavy (non-hydrogen) atoms. The predicted molar refractivity (Wildman–Crippen MR) is 365 cm³/mol. The van der Waals surface area contributed by atoms with Crippen LogP contribution in [-0.2, 0) is 6.18 Å². The molecule has 0 amide bonds. The van der Waals surface area contributed by atoms with Gasteiger partial charge in [-0.3, -0.25) is 19.9 Å².